The van der Waals surface area contributed by atoms with Crippen LogP contribution in [0.4, 0.5) is 4.79 Å². The third-order valence-electron chi connectivity index (χ3n) is 10.7. The molecule has 1 aromatic carbocycles. The Kier molecular flexibility index (Phi) is 12.2. The molecule has 17 heteroatoms. The Morgan fingerprint density at radius 1 is 1.10 bits per heavy atom. The summed E-state index contributed by atoms with van der Waals surface area (Å²) in [5.41, 5.74) is 7.33. The highest BCUT2D eigenvalue weighted by atomic mass is 32.2. The van der Waals surface area contributed by atoms with Gasteiger partial charge in [-0.25, -0.2) is 18.2 Å². The lowest BCUT2D eigenvalue weighted by Gasteiger charge is -2.28. The van der Waals surface area contributed by atoms with Crippen LogP contribution in [0.5, 0.6) is 11.5 Å². The summed E-state index contributed by atoms with van der Waals surface area (Å²) in [6.45, 7) is 5.22. The van der Waals surface area contributed by atoms with E-state index >= 15 is 0 Å². The molecule has 3 aliphatic rings. The van der Waals surface area contributed by atoms with Crippen molar-refractivity contribution in [3.63, 3.8) is 0 Å². The fourth-order valence-electron chi connectivity index (χ4n) is 7.40. The van der Waals surface area contributed by atoms with Gasteiger partial charge in [0, 0.05) is 18.4 Å². The number of furan rings is 1. The number of fused-ring (bicyclic) bond motifs is 3. The Bertz CT molecular complexity index is 2350. The van der Waals surface area contributed by atoms with E-state index in [0.29, 0.717) is 59.6 Å². The number of sulfonamides is 1. The van der Waals surface area contributed by atoms with Gasteiger partial charge < -0.3 is 34.6 Å². The first kappa shape index (κ1) is 42.0. The Morgan fingerprint density at radius 3 is 2.59 bits per heavy atom. The number of nitrogens with one attached hydrogen (secondary N) is 2. The fraction of sp³-hybridized carbons (Fsp3) is 0.500. The number of methoxy groups -OCH3 is 1. The molecule has 316 valence electrons. The lowest BCUT2D eigenvalue weighted by molar-refractivity contribution is -0.139. The smallest absolute Gasteiger partial charge is 0.408 e. The van der Waals surface area contributed by atoms with Crippen molar-refractivity contribution in [2.45, 2.75) is 108 Å². The molecule has 0 spiro atoms. The predicted molar refractivity (Wildman–Crippen MR) is 222 cm³/mol. The van der Waals surface area contributed by atoms with E-state index in [1.165, 1.54) is 16.2 Å². The summed E-state index contributed by atoms with van der Waals surface area (Å²) >= 11 is 1.53. The third-order valence-corrected chi connectivity index (χ3v) is 13.4. The normalized spacial score (nSPS) is 21.1. The van der Waals surface area contributed by atoms with Gasteiger partial charge in [0.1, 0.15) is 40.6 Å². The van der Waals surface area contributed by atoms with Crippen molar-refractivity contribution >= 4 is 67.2 Å². The van der Waals surface area contributed by atoms with Crippen molar-refractivity contribution in [3.8, 4) is 22.1 Å². The van der Waals surface area contributed by atoms with Crippen LogP contribution in [0.1, 0.15) is 78.6 Å². The standard InChI is InChI=1S/C42H51N5O10S2/c1-42(2,3)57-41(51)45-30(12-9-7-5-6-8-11-24-19-28(24)39(49)46-59(52,53)27-15-16-27)40(50)47-23-26(21-32(47)38(43)48)55-34-22-31(35-13-10-18-58-35)44-36-29-20-25(54-4)14-17-33(29)56-37(34)36/h8,10-11,13-14,17-18,20,22,24,26-28,30,32H,5-7,9,12,15-16,19,21,23H2,1-4H3,(H2,43,48)(H,45,51)(H,46,49)/b11-8-/t24-,26-,28+,30+,32+/m1/s1. The zero-order valence-electron chi connectivity index (χ0n) is 33.6. The monoisotopic (exact) mass is 849 g/mol. The number of hydrogen-bond donors (Lipinski definition) is 3. The number of carbonyl (C=O) groups is 4. The van der Waals surface area contributed by atoms with Crippen molar-refractivity contribution in [1.29, 1.82) is 0 Å². The summed E-state index contributed by atoms with van der Waals surface area (Å²) in [5, 5.41) is 5.00. The minimum absolute atomic E-state index is 0.0198. The number of amides is 4. The number of nitrogens with two attached hydrogens (primary N) is 1. The summed E-state index contributed by atoms with van der Waals surface area (Å²) < 4.78 is 50.2. The molecule has 1 saturated heterocycles. The van der Waals surface area contributed by atoms with Gasteiger partial charge in [-0.05, 0) is 94.9 Å². The fourth-order valence-corrected chi connectivity index (χ4v) is 9.44. The van der Waals surface area contributed by atoms with E-state index in [4.69, 9.17) is 29.3 Å². The van der Waals surface area contributed by atoms with Gasteiger partial charge in [0.05, 0.1) is 34.9 Å². The van der Waals surface area contributed by atoms with Crippen molar-refractivity contribution < 1.29 is 46.2 Å². The number of ether oxygens (including phenoxy) is 3. The van der Waals surface area contributed by atoms with Crippen molar-refractivity contribution in [2.24, 2.45) is 17.6 Å². The molecule has 2 saturated carbocycles. The summed E-state index contributed by atoms with van der Waals surface area (Å²) in [5.74, 6) is -0.858. The van der Waals surface area contributed by atoms with Gasteiger partial charge in [0.25, 0.3) is 0 Å². The molecule has 3 aromatic heterocycles. The molecule has 59 heavy (non-hydrogen) atoms. The van der Waals surface area contributed by atoms with Gasteiger partial charge in [0.15, 0.2) is 11.3 Å². The van der Waals surface area contributed by atoms with Crippen molar-refractivity contribution in [1.82, 2.24) is 19.9 Å². The molecule has 3 fully saturated rings. The van der Waals surface area contributed by atoms with Crippen LogP contribution < -0.4 is 25.2 Å². The topological polar surface area (TPSA) is 209 Å². The molecule has 0 bridgehead atoms. The number of aromatic nitrogens is 1. The van der Waals surface area contributed by atoms with Gasteiger partial charge in [-0.15, -0.1) is 11.3 Å². The van der Waals surface area contributed by atoms with E-state index in [2.05, 4.69) is 10.0 Å². The Hall–Kier alpha value is -5.16. The van der Waals surface area contributed by atoms with E-state index < -0.39 is 62.9 Å². The summed E-state index contributed by atoms with van der Waals surface area (Å²) in [6.07, 6.45) is 7.62. The SMILES string of the molecule is COc1ccc2oc3c(O[C@@H]4C[C@@H](C(N)=O)N(C(=O)[C@H](CCCCC/C=C\[C@@H]5C[C@@H]5C(=O)NS(=O)(=O)C5CC5)NC(=O)OC(C)(C)C)C4)cc(-c4cccs4)nc3c2c1. The van der Waals surface area contributed by atoms with Gasteiger partial charge >= 0.3 is 6.09 Å². The Morgan fingerprint density at radius 2 is 1.90 bits per heavy atom. The van der Waals surface area contributed by atoms with Gasteiger partial charge in [-0.3, -0.25) is 19.1 Å². The summed E-state index contributed by atoms with van der Waals surface area (Å²) in [4.78, 5) is 59.8. The van der Waals surface area contributed by atoms with E-state index in [-0.39, 0.29) is 31.2 Å². The quantitative estimate of drug-likeness (QED) is 0.0805. The molecule has 7 rings (SSSR count). The maximum absolute atomic E-state index is 14.3. The molecule has 4 aromatic rings. The number of allylic oxidation sites excluding steroid dienone is 2. The highest BCUT2D eigenvalue weighted by molar-refractivity contribution is 7.90. The molecule has 2 aliphatic carbocycles. The number of primary amides is 1. The van der Waals surface area contributed by atoms with E-state index in [1.807, 2.05) is 35.7 Å². The van der Waals surface area contributed by atoms with Crippen LogP contribution in [0.15, 0.2) is 58.3 Å². The molecule has 4 N–H and O–H groups in total. The Balaban J connectivity index is 1.01. The maximum Gasteiger partial charge on any atom is 0.408 e. The summed E-state index contributed by atoms with van der Waals surface area (Å²) in [7, 11) is -1.97. The van der Waals surface area contributed by atoms with Crippen LogP contribution in [0.3, 0.4) is 0 Å². The lowest BCUT2D eigenvalue weighted by atomic mass is 10.0. The second kappa shape index (κ2) is 17.2. The highest BCUT2D eigenvalue weighted by Gasteiger charge is 2.45. The number of nitrogens with zero attached hydrogens (tertiary/aromatic N) is 2. The number of unbranched alkanes of at least 4 members (excludes halogenated alkanes) is 3. The predicted octanol–water partition coefficient (Wildman–Crippen LogP) is 6.20. The molecule has 4 amide bonds. The molecular formula is C42H51N5O10S2. The largest absolute Gasteiger partial charge is 0.497 e. The molecule has 0 unspecified atom stereocenters. The summed E-state index contributed by atoms with van der Waals surface area (Å²) in [6, 6.07) is 9.14. The van der Waals surface area contributed by atoms with Crippen molar-refractivity contribution in [3.05, 3.63) is 53.9 Å². The van der Waals surface area contributed by atoms with E-state index in [0.717, 1.165) is 29.5 Å². The zero-order valence-corrected chi connectivity index (χ0v) is 35.2. The minimum atomic E-state index is -3.55. The molecule has 1 aliphatic heterocycles. The van der Waals surface area contributed by atoms with Crippen LogP contribution in [0, 0.1) is 11.8 Å². The van der Waals surface area contributed by atoms with E-state index in [1.54, 1.807) is 46.1 Å². The molecule has 4 heterocycles. The Labute approximate surface area is 347 Å². The average molecular weight is 850 g/mol. The number of pyridine rings is 1. The first-order valence-corrected chi connectivity index (χ1v) is 22.5. The minimum Gasteiger partial charge on any atom is -0.497 e. The number of likely N-dealkylation sites (tertiary alicyclic amines) is 1. The van der Waals surface area contributed by atoms with Gasteiger partial charge in [0.2, 0.25) is 27.7 Å². The van der Waals surface area contributed by atoms with Gasteiger partial charge in [-0.2, -0.15) is 0 Å². The molecular weight excluding hydrogens is 799 g/mol. The first-order valence-electron chi connectivity index (χ1n) is 20.0. The van der Waals surface area contributed by atoms with Crippen LogP contribution in [-0.2, 0) is 29.1 Å². The van der Waals surface area contributed by atoms with Gasteiger partial charge in [-0.1, -0.05) is 31.1 Å². The zero-order chi connectivity index (χ0) is 42.1. The number of carbonyl (C=O) groups excluding carboxylic acids is 4. The number of alkyl carbamates (subject to hydrolysis) is 1. The third kappa shape index (κ3) is 10.2. The number of rotatable bonds is 17. The second-order valence-corrected chi connectivity index (χ2v) is 19.4. The van der Waals surface area contributed by atoms with Crippen LogP contribution >= 0.6 is 11.3 Å². The van der Waals surface area contributed by atoms with Crippen LogP contribution in [0.25, 0.3) is 32.6 Å². The molecule has 5 atom stereocenters. The lowest BCUT2D eigenvalue weighted by Crippen LogP contribution is -2.53. The highest BCUT2D eigenvalue weighted by Crippen LogP contribution is 2.41. The first-order chi connectivity index (χ1) is 28.1. The van der Waals surface area contributed by atoms with E-state index in [9.17, 15) is 27.6 Å². The van der Waals surface area contributed by atoms with Crippen LogP contribution in [0.2, 0.25) is 0 Å². The molecule has 0 radical (unpaired) electrons. The number of thiophene rings is 1. The number of benzene rings is 1. The number of hydrogen-bond acceptors (Lipinski definition) is 12. The molecule has 15 nitrogen and oxygen atoms in total. The second-order valence-electron chi connectivity index (χ2n) is 16.5. The maximum atomic E-state index is 14.3. The average Bonchev–Trinajstić information content (AvgIpc) is 4.03. The van der Waals surface area contributed by atoms with Crippen molar-refractivity contribution in [2.75, 3.05) is 13.7 Å². The van der Waals surface area contributed by atoms with Crippen LogP contribution in [-0.4, -0.2) is 84.8 Å².